The molecule has 0 aliphatic carbocycles. The van der Waals surface area contributed by atoms with E-state index in [0.717, 1.165) is 0 Å². The van der Waals surface area contributed by atoms with Gasteiger partial charge >= 0.3 is 0 Å². The van der Waals surface area contributed by atoms with Crippen LogP contribution >= 0.6 is 23.2 Å². The monoisotopic (exact) mass is 328 g/mol. The molecular formula is C14H14Cl2N2O3. The number of benzene rings is 1. The van der Waals surface area contributed by atoms with Crippen LogP contribution in [-0.4, -0.2) is 41.0 Å². The fraction of sp³-hybridized carbons (Fsp3) is 0.429. The van der Waals surface area contributed by atoms with Gasteiger partial charge in [-0.3, -0.25) is 9.59 Å². The summed E-state index contributed by atoms with van der Waals surface area (Å²) < 4.78 is 0. The van der Waals surface area contributed by atoms with Crippen LogP contribution in [0.15, 0.2) is 12.1 Å². The van der Waals surface area contributed by atoms with Crippen LogP contribution in [0.1, 0.15) is 24.3 Å². The van der Waals surface area contributed by atoms with Crippen LogP contribution < -0.4 is 5.32 Å². The zero-order chi connectivity index (χ0) is 15.1. The van der Waals surface area contributed by atoms with Crippen molar-refractivity contribution >= 4 is 35.0 Å². The van der Waals surface area contributed by atoms with E-state index in [0.29, 0.717) is 35.0 Å². The topological polar surface area (TPSA) is 69.6 Å². The summed E-state index contributed by atoms with van der Waals surface area (Å²) in [5.41, 5.74) is 0.564. The number of hydrogen-bond donors (Lipinski definition) is 2. The van der Waals surface area contributed by atoms with Gasteiger partial charge in [-0.25, -0.2) is 0 Å². The normalized spacial score (nSPS) is 25.5. The molecule has 0 saturated carbocycles. The average Bonchev–Trinajstić information content (AvgIpc) is 2.47. The molecule has 3 rings (SSSR count). The molecule has 0 bridgehead atoms. The quantitative estimate of drug-likeness (QED) is 0.827. The van der Waals surface area contributed by atoms with E-state index in [1.165, 1.54) is 12.1 Å². The van der Waals surface area contributed by atoms with Crippen molar-refractivity contribution in [3.8, 4) is 5.75 Å². The molecule has 1 aromatic carbocycles. The number of nitrogens with one attached hydrogen (secondary N) is 1. The molecule has 0 radical (unpaired) electrons. The van der Waals surface area contributed by atoms with E-state index in [1.807, 2.05) is 0 Å². The molecule has 21 heavy (non-hydrogen) atoms. The van der Waals surface area contributed by atoms with Crippen LogP contribution in [0.3, 0.4) is 0 Å². The van der Waals surface area contributed by atoms with Gasteiger partial charge in [-0.2, -0.15) is 0 Å². The Bertz CT molecular complexity index is 620. The highest BCUT2D eigenvalue weighted by molar-refractivity contribution is 6.42. The summed E-state index contributed by atoms with van der Waals surface area (Å²) in [6.07, 6.45) is 1.08. The first-order valence-electron chi connectivity index (χ1n) is 6.73. The third kappa shape index (κ3) is 2.45. The number of fused-ring (bicyclic) bond motifs is 1. The minimum absolute atomic E-state index is 0.0587. The zero-order valence-corrected chi connectivity index (χ0v) is 12.6. The fourth-order valence-electron chi connectivity index (χ4n) is 3.10. The Labute approximate surface area is 131 Å². The number of phenols is 1. The van der Waals surface area contributed by atoms with Crippen LogP contribution in [0.5, 0.6) is 5.75 Å². The Morgan fingerprint density at radius 1 is 1.29 bits per heavy atom. The number of piperidine rings is 1. The van der Waals surface area contributed by atoms with Crippen molar-refractivity contribution in [3.63, 3.8) is 0 Å². The summed E-state index contributed by atoms with van der Waals surface area (Å²) in [6.45, 7) is 0.535. The van der Waals surface area contributed by atoms with Gasteiger partial charge in [-0.1, -0.05) is 23.2 Å². The highest BCUT2D eigenvalue weighted by atomic mass is 35.5. The molecule has 0 aromatic heterocycles. The van der Waals surface area contributed by atoms with Crippen LogP contribution in [0.2, 0.25) is 10.0 Å². The number of rotatable bonds is 1. The maximum Gasteiger partial charge on any atom is 0.243 e. The van der Waals surface area contributed by atoms with Crippen molar-refractivity contribution < 1.29 is 14.7 Å². The average molecular weight is 329 g/mol. The van der Waals surface area contributed by atoms with E-state index in [2.05, 4.69) is 5.32 Å². The van der Waals surface area contributed by atoms with E-state index in [1.54, 1.807) is 4.90 Å². The number of aromatic hydroxyl groups is 1. The third-order valence-corrected chi connectivity index (χ3v) is 4.98. The first-order chi connectivity index (χ1) is 9.99. The predicted octanol–water partition coefficient (Wildman–Crippen LogP) is 1.90. The lowest BCUT2D eigenvalue weighted by Gasteiger charge is -2.41. The van der Waals surface area contributed by atoms with E-state index in [-0.39, 0.29) is 30.0 Å². The lowest BCUT2D eigenvalue weighted by molar-refractivity contribution is -0.147. The van der Waals surface area contributed by atoms with E-state index in [4.69, 9.17) is 23.2 Å². The van der Waals surface area contributed by atoms with Crippen molar-refractivity contribution in [3.05, 3.63) is 27.7 Å². The number of piperazine rings is 1. The summed E-state index contributed by atoms with van der Waals surface area (Å²) in [5.74, 6) is -0.254. The van der Waals surface area contributed by atoms with Gasteiger partial charge in [0.05, 0.1) is 16.6 Å². The Balaban J connectivity index is 1.91. The zero-order valence-electron chi connectivity index (χ0n) is 11.1. The summed E-state index contributed by atoms with van der Waals surface area (Å²) in [7, 11) is 0. The SMILES string of the molecule is O=C1NCC(=O)N2CC[C@H](c3c(O)ccc(Cl)c3Cl)CC12. The second-order valence-corrected chi connectivity index (χ2v) is 6.12. The van der Waals surface area contributed by atoms with Crippen LogP contribution in [-0.2, 0) is 9.59 Å². The van der Waals surface area contributed by atoms with Gasteiger partial charge in [-0.05, 0) is 30.9 Å². The van der Waals surface area contributed by atoms with Crippen LogP contribution in [0, 0.1) is 0 Å². The van der Waals surface area contributed by atoms with Crippen molar-refractivity contribution in [2.75, 3.05) is 13.1 Å². The molecular weight excluding hydrogens is 315 g/mol. The smallest absolute Gasteiger partial charge is 0.243 e. The Morgan fingerprint density at radius 3 is 2.81 bits per heavy atom. The lowest BCUT2D eigenvalue weighted by Crippen LogP contribution is -2.60. The summed E-state index contributed by atoms with van der Waals surface area (Å²) in [5, 5.41) is 13.3. The molecule has 0 spiro atoms. The van der Waals surface area contributed by atoms with Crippen molar-refractivity contribution in [2.45, 2.75) is 24.8 Å². The van der Waals surface area contributed by atoms with Crippen molar-refractivity contribution in [1.29, 1.82) is 0 Å². The van der Waals surface area contributed by atoms with E-state index >= 15 is 0 Å². The molecule has 112 valence electrons. The number of amides is 2. The molecule has 2 aliphatic rings. The molecule has 1 unspecified atom stereocenters. The maximum atomic E-state index is 12.0. The van der Waals surface area contributed by atoms with Crippen molar-refractivity contribution in [1.82, 2.24) is 10.2 Å². The number of halogens is 2. The first kappa shape index (κ1) is 14.5. The van der Waals surface area contributed by atoms with Gasteiger partial charge in [0, 0.05) is 12.1 Å². The fourth-order valence-corrected chi connectivity index (χ4v) is 3.58. The second-order valence-electron chi connectivity index (χ2n) is 5.34. The van der Waals surface area contributed by atoms with Gasteiger partial charge in [0.15, 0.2) is 0 Å². The Morgan fingerprint density at radius 2 is 2.05 bits per heavy atom. The van der Waals surface area contributed by atoms with E-state index in [9.17, 15) is 14.7 Å². The number of hydrogen-bond acceptors (Lipinski definition) is 3. The first-order valence-corrected chi connectivity index (χ1v) is 7.48. The van der Waals surface area contributed by atoms with E-state index < -0.39 is 6.04 Å². The maximum absolute atomic E-state index is 12.0. The molecule has 1 aromatic rings. The Hall–Kier alpha value is -1.46. The highest BCUT2D eigenvalue weighted by Gasteiger charge is 2.40. The molecule has 2 atom stereocenters. The number of nitrogens with zero attached hydrogens (tertiary/aromatic N) is 1. The number of phenolic OH excluding ortho intramolecular Hbond substituents is 1. The minimum Gasteiger partial charge on any atom is -0.508 e. The molecule has 5 nitrogen and oxygen atoms in total. The van der Waals surface area contributed by atoms with Gasteiger partial charge < -0.3 is 15.3 Å². The van der Waals surface area contributed by atoms with Gasteiger partial charge in [0.25, 0.3) is 0 Å². The molecule has 2 saturated heterocycles. The van der Waals surface area contributed by atoms with Crippen molar-refractivity contribution in [2.24, 2.45) is 0 Å². The summed E-state index contributed by atoms with van der Waals surface area (Å²) in [6, 6.07) is 2.54. The highest BCUT2D eigenvalue weighted by Crippen LogP contribution is 2.43. The van der Waals surface area contributed by atoms with Gasteiger partial charge in [0.2, 0.25) is 11.8 Å². The largest absolute Gasteiger partial charge is 0.508 e. The molecule has 2 aliphatic heterocycles. The second kappa shape index (κ2) is 5.39. The molecule has 2 heterocycles. The molecule has 2 amide bonds. The number of carbonyl (C=O) groups excluding carboxylic acids is 2. The summed E-state index contributed by atoms with van der Waals surface area (Å²) in [4.78, 5) is 25.4. The molecule has 2 fully saturated rings. The minimum atomic E-state index is -0.501. The van der Waals surface area contributed by atoms with Crippen LogP contribution in [0.4, 0.5) is 0 Å². The number of carbonyl (C=O) groups is 2. The van der Waals surface area contributed by atoms with Gasteiger partial charge in [0.1, 0.15) is 11.8 Å². The predicted molar refractivity (Wildman–Crippen MR) is 78.6 cm³/mol. The third-order valence-electron chi connectivity index (χ3n) is 4.16. The molecule has 2 N–H and O–H groups in total. The van der Waals surface area contributed by atoms with Gasteiger partial charge in [-0.15, -0.1) is 0 Å². The standard InChI is InChI=1S/C14H14Cl2N2O3/c15-8-1-2-10(19)12(13(8)16)7-3-4-18-9(5-7)14(21)17-6-11(18)20/h1-2,7,9,19H,3-6H2,(H,17,21)/t7-,9?/m0/s1. The molecule has 7 heteroatoms. The summed E-state index contributed by atoms with van der Waals surface area (Å²) >= 11 is 12.2. The lowest BCUT2D eigenvalue weighted by atomic mass is 9.83. The Kier molecular flexibility index (Phi) is 3.71. The van der Waals surface area contributed by atoms with Crippen LogP contribution in [0.25, 0.3) is 0 Å².